The zero-order chi connectivity index (χ0) is 13.0. The molecule has 0 spiro atoms. The lowest BCUT2D eigenvalue weighted by Crippen LogP contribution is -2.37. The van der Waals surface area contributed by atoms with Crippen molar-refractivity contribution in [3.8, 4) is 0 Å². The van der Waals surface area contributed by atoms with Crippen molar-refractivity contribution in [2.75, 3.05) is 6.61 Å². The topological polar surface area (TPSA) is 32.8 Å². The second kappa shape index (κ2) is 3.72. The predicted octanol–water partition coefficient (Wildman–Crippen LogP) is 3.20. The lowest BCUT2D eigenvalue weighted by atomic mass is 9.77. The summed E-state index contributed by atoms with van der Waals surface area (Å²) in [6.07, 6.45) is 3.01. The number of ether oxygens (including phenoxy) is 1. The van der Waals surface area contributed by atoms with Crippen molar-refractivity contribution in [1.29, 1.82) is 0 Å². The van der Waals surface area contributed by atoms with Gasteiger partial charge in [-0.1, -0.05) is 37.6 Å². The van der Waals surface area contributed by atoms with Gasteiger partial charge in [0.05, 0.1) is 6.61 Å². The number of aliphatic hydroxyl groups is 1. The van der Waals surface area contributed by atoms with Crippen molar-refractivity contribution < 1.29 is 9.84 Å². The van der Waals surface area contributed by atoms with Gasteiger partial charge in [0, 0.05) is 11.4 Å². The van der Waals surface area contributed by atoms with Crippen molar-refractivity contribution in [2.45, 2.75) is 44.3 Å². The van der Waals surface area contributed by atoms with Crippen molar-refractivity contribution in [3.63, 3.8) is 0 Å². The summed E-state index contributed by atoms with van der Waals surface area (Å²) in [4.78, 5) is 0. The fourth-order valence-electron chi connectivity index (χ4n) is 3.62. The number of aliphatic hydroxyl groups excluding tert-OH is 1. The number of hydrogen-bond donors (Lipinski definition) is 1. The summed E-state index contributed by atoms with van der Waals surface area (Å²) in [6, 6.07) is 7.92. The van der Waals surface area contributed by atoms with E-state index in [4.69, 9.17) is 16.3 Å². The van der Waals surface area contributed by atoms with Crippen LogP contribution in [0.1, 0.15) is 32.3 Å². The Kier molecular flexibility index (Phi) is 2.58. The highest BCUT2D eigenvalue weighted by Crippen LogP contribution is 2.68. The Morgan fingerprint density at radius 1 is 1.22 bits per heavy atom. The molecule has 1 aromatic rings. The molecule has 0 amide bonds. The number of epoxide rings is 1. The fraction of sp³-hybridized carbons (Fsp3) is 0.600. The quantitative estimate of drug-likeness (QED) is 0.853. The zero-order valence-corrected chi connectivity index (χ0v) is 11.6. The lowest BCUT2D eigenvalue weighted by Gasteiger charge is -2.26. The van der Waals surface area contributed by atoms with E-state index >= 15 is 0 Å². The Morgan fingerprint density at radius 2 is 1.89 bits per heavy atom. The van der Waals surface area contributed by atoms with E-state index in [9.17, 15) is 5.11 Å². The smallest absolute Gasteiger partial charge is 0.126 e. The van der Waals surface area contributed by atoms with Crippen LogP contribution in [0.5, 0.6) is 0 Å². The van der Waals surface area contributed by atoms with Crippen LogP contribution in [0.3, 0.4) is 0 Å². The second-order valence-electron chi connectivity index (χ2n) is 6.27. The molecule has 2 fully saturated rings. The Labute approximate surface area is 113 Å². The van der Waals surface area contributed by atoms with Gasteiger partial charge in [0.25, 0.3) is 0 Å². The maximum Gasteiger partial charge on any atom is 0.126 e. The molecule has 2 unspecified atom stereocenters. The van der Waals surface area contributed by atoms with Gasteiger partial charge in [0.2, 0.25) is 0 Å². The molecule has 2 aliphatic rings. The molecular formula is C15H19ClO2. The van der Waals surface area contributed by atoms with Crippen LogP contribution in [0.4, 0.5) is 0 Å². The second-order valence-corrected chi connectivity index (χ2v) is 6.71. The molecule has 1 N–H and O–H groups in total. The van der Waals surface area contributed by atoms with Crippen LogP contribution in [-0.4, -0.2) is 22.9 Å². The molecule has 1 aliphatic carbocycles. The Hall–Kier alpha value is -0.570. The molecule has 1 aromatic carbocycles. The molecule has 1 aliphatic heterocycles. The highest BCUT2D eigenvalue weighted by molar-refractivity contribution is 6.30. The average molecular weight is 267 g/mol. The van der Waals surface area contributed by atoms with Gasteiger partial charge in [-0.3, -0.25) is 0 Å². The maximum atomic E-state index is 9.74. The molecule has 3 heteroatoms. The van der Waals surface area contributed by atoms with Crippen LogP contribution < -0.4 is 0 Å². The molecule has 18 heavy (non-hydrogen) atoms. The average Bonchev–Trinajstić information content (AvgIpc) is 2.95. The van der Waals surface area contributed by atoms with Crippen molar-refractivity contribution in [3.05, 3.63) is 34.9 Å². The Balaban J connectivity index is 1.85. The summed E-state index contributed by atoms with van der Waals surface area (Å²) in [6.45, 7) is 4.51. The third-order valence-corrected chi connectivity index (χ3v) is 5.19. The first-order chi connectivity index (χ1) is 8.45. The fourth-order valence-corrected chi connectivity index (χ4v) is 3.75. The van der Waals surface area contributed by atoms with Gasteiger partial charge in [-0.25, -0.2) is 0 Å². The van der Waals surface area contributed by atoms with E-state index in [1.165, 1.54) is 5.56 Å². The van der Waals surface area contributed by atoms with Gasteiger partial charge in [-0.15, -0.1) is 0 Å². The van der Waals surface area contributed by atoms with Crippen LogP contribution in [0.15, 0.2) is 24.3 Å². The number of benzene rings is 1. The lowest BCUT2D eigenvalue weighted by molar-refractivity contribution is 0.0595. The summed E-state index contributed by atoms with van der Waals surface area (Å²) in [7, 11) is 0. The van der Waals surface area contributed by atoms with Gasteiger partial charge >= 0.3 is 0 Å². The number of hydrogen-bond acceptors (Lipinski definition) is 2. The summed E-state index contributed by atoms with van der Waals surface area (Å²) in [5.41, 5.74) is 0.805. The predicted molar refractivity (Wildman–Crippen MR) is 71.8 cm³/mol. The monoisotopic (exact) mass is 266 g/mol. The minimum Gasteiger partial charge on any atom is -0.393 e. The van der Waals surface area contributed by atoms with Crippen molar-refractivity contribution in [2.24, 2.45) is 5.41 Å². The molecule has 0 aromatic heterocycles. The van der Waals surface area contributed by atoms with Gasteiger partial charge in [0.15, 0.2) is 0 Å². The Morgan fingerprint density at radius 3 is 2.44 bits per heavy atom. The summed E-state index contributed by atoms with van der Waals surface area (Å²) in [5, 5.41) is 10.5. The minimum atomic E-state index is -0.334. The summed E-state index contributed by atoms with van der Waals surface area (Å²) >= 11 is 5.90. The molecule has 1 saturated heterocycles. The molecule has 2 nitrogen and oxygen atoms in total. The molecule has 3 rings (SSSR count). The van der Waals surface area contributed by atoms with Gasteiger partial charge in [-0.2, -0.15) is 0 Å². The van der Waals surface area contributed by atoms with E-state index in [0.29, 0.717) is 0 Å². The van der Waals surface area contributed by atoms with Crippen LogP contribution >= 0.6 is 11.6 Å². The first kappa shape index (κ1) is 12.5. The maximum absolute atomic E-state index is 9.74. The first-order valence-corrected chi connectivity index (χ1v) is 6.88. The van der Waals surface area contributed by atoms with E-state index in [0.717, 1.165) is 24.3 Å². The molecule has 1 saturated carbocycles. The zero-order valence-electron chi connectivity index (χ0n) is 10.9. The highest BCUT2D eigenvalue weighted by atomic mass is 35.5. The van der Waals surface area contributed by atoms with E-state index in [1.54, 1.807) is 0 Å². The highest BCUT2D eigenvalue weighted by Gasteiger charge is 2.78. The SMILES string of the molecule is CC1(C)CCC2(Cc3ccc(Cl)cc3)OC12CO. The number of halogens is 1. The molecular weight excluding hydrogens is 248 g/mol. The number of fused-ring (bicyclic) bond motifs is 1. The summed E-state index contributed by atoms with van der Waals surface area (Å²) < 4.78 is 6.04. The van der Waals surface area contributed by atoms with Gasteiger partial charge in [-0.05, 0) is 36.0 Å². The minimum absolute atomic E-state index is 0.0637. The van der Waals surface area contributed by atoms with Gasteiger partial charge < -0.3 is 9.84 Å². The molecule has 0 radical (unpaired) electrons. The Bertz CT molecular complexity index is 468. The summed E-state index contributed by atoms with van der Waals surface area (Å²) in [5.74, 6) is 0. The first-order valence-electron chi connectivity index (χ1n) is 6.50. The third kappa shape index (κ3) is 1.49. The van der Waals surface area contributed by atoms with E-state index in [2.05, 4.69) is 13.8 Å². The van der Waals surface area contributed by atoms with E-state index < -0.39 is 0 Å². The van der Waals surface area contributed by atoms with Crippen LogP contribution in [0.25, 0.3) is 0 Å². The standard InChI is InChI=1S/C15H19ClO2/c1-13(2)7-8-14(15(13,10-17)18-14)9-11-3-5-12(16)6-4-11/h3-6,17H,7-10H2,1-2H3. The number of rotatable bonds is 3. The van der Waals surface area contributed by atoms with Crippen LogP contribution in [0, 0.1) is 5.41 Å². The molecule has 0 bridgehead atoms. The van der Waals surface area contributed by atoms with Crippen molar-refractivity contribution >= 4 is 11.6 Å². The van der Waals surface area contributed by atoms with E-state index in [1.807, 2.05) is 24.3 Å². The molecule has 2 atom stereocenters. The van der Waals surface area contributed by atoms with E-state index in [-0.39, 0.29) is 23.2 Å². The van der Waals surface area contributed by atoms with Crippen LogP contribution in [-0.2, 0) is 11.2 Å². The largest absolute Gasteiger partial charge is 0.393 e. The third-order valence-electron chi connectivity index (χ3n) is 4.94. The van der Waals surface area contributed by atoms with Crippen molar-refractivity contribution in [1.82, 2.24) is 0 Å². The normalized spacial score (nSPS) is 36.4. The van der Waals surface area contributed by atoms with Gasteiger partial charge in [0.1, 0.15) is 11.2 Å². The van der Waals surface area contributed by atoms with Crippen LogP contribution in [0.2, 0.25) is 5.02 Å². The molecule has 1 heterocycles. The molecule has 98 valence electrons.